The first-order chi connectivity index (χ1) is 11.7. The molecule has 25 heavy (non-hydrogen) atoms. The number of thiophene rings is 1. The second-order valence-electron chi connectivity index (χ2n) is 7.64. The van der Waals surface area contributed by atoms with Gasteiger partial charge in [0, 0.05) is 41.2 Å². The summed E-state index contributed by atoms with van der Waals surface area (Å²) in [6.07, 6.45) is -0.497. The molecule has 134 valence electrons. The molecule has 1 amide bonds. The molecule has 0 atom stereocenters. The Morgan fingerprint density at radius 2 is 1.64 bits per heavy atom. The molecule has 0 unspecified atom stereocenters. The SMILES string of the molecule is CC(C)(C)c1ccc(-c2ccc(C(=O)N3CCC(F)(F)CC3)cc2)s1. The molecule has 1 aliphatic heterocycles. The minimum Gasteiger partial charge on any atom is -0.338 e. The van der Waals surface area contributed by atoms with E-state index in [1.54, 1.807) is 23.5 Å². The average Bonchev–Trinajstić information content (AvgIpc) is 3.05. The summed E-state index contributed by atoms with van der Waals surface area (Å²) in [6.45, 7) is 6.80. The van der Waals surface area contributed by atoms with E-state index < -0.39 is 5.92 Å². The minimum absolute atomic E-state index is 0.119. The van der Waals surface area contributed by atoms with Crippen molar-refractivity contribution in [2.24, 2.45) is 0 Å². The van der Waals surface area contributed by atoms with E-state index in [1.165, 1.54) is 14.7 Å². The summed E-state index contributed by atoms with van der Waals surface area (Å²) in [5.41, 5.74) is 1.75. The highest BCUT2D eigenvalue weighted by atomic mass is 32.1. The van der Waals surface area contributed by atoms with E-state index in [9.17, 15) is 13.6 Å². The molecule has 0 aliphatic carbocycles. The number of benzene rings is 1. The minimum atomic E-state index is -2.63. The van der Waals surface area contributed by atoms with Crippen molar-refractivity contribution in [3.8, 4) is 10.4 Å². The van der Waals surface area contributed by atoms with Crippen LogP contribution in [0.2, 0.25) is 0 Å². The Balaban J connectivity index is 1.72. The molecule has 1 saturated heterocycles. The largest absolute Gasteiger partial charge is 0.338 e. The number of amides is 1. The molecular formula is C20H23F2NOS. The molecule has 1 aliphatic rings. The molecule has 0 spiro atoms. The first-order valence-electron chi connectivity index (χ1n) is 8.54. The zero-order valence-corrected chi connectivity index (χ0v) is 15.6. The maximum atomic E-state index is 13.2. The number of carbonyl (C=O) groups excluding carboxylic acids is 1. The number of carbonyl (C=O) groups is 1. The Kier molecular flexibility index (Phi) is 4.71. The highest BCUT2D eigenvalue weighted by Crippen LogP contribution is 2.35. The molecular weight excluding hydrogens is 340 g/mol. The summed E-state index contributed by atoms with van der Waals surface area (Å²) in [5.74, 6) is -2.80. The Bertz CT molecular complexity index is 749. The maximum Gasteiger partial charge on any atom is 0.253 e. The van der Waals surface area contributed by atoms with E-state index in [1.807, 2.05) is 12.1 Å². The number of likely N-dealkylation sites (tertiary alicyclic amines) is 1. The quantitative estimate of drug-likeness (QED) is 0.682. The van der Waals surface area contributed by atoms with Gasteiger partial charge in [0.15, 0.2) is 0 Å². The van der Waals surface area contributed by atoms with Crippen LogP contribution in [0, 0.1) is 0 Å². The van der Waals surface area contributed by atoms with Crippen LogP contribution in [0.25, 0.3) is 10.4 Å². The first-order valence-corrected chi connectivity index (χ1v) is 9.35. The van der Waals surface area contributed by atoms with Crippen LogP contribution in [-0.2, 0) is 5.41 Å². The Morgan fingerprint density at radius 3 is 2.16 bits per heavy atom. The Labute approximate surface area is 151 Å². The van der Waals surface area contributed by atoms with Crippen molar-refractivity contribution >= 4 is 17.2 Å². The number of alkyl halides is 2. The number of rotatable bonds is 2. The highest BCUT2D eigenvalue weighted by Gasteiger charge is 2.35. The molecule has 1 aromatic heterocycles. The zero-order chi connectivity index (χ0) is 18.2. The van der Waals surface area contributed by atoms with Crippen LogP contribution in [-0.4, -0.2) is 29.8 Å². The van der Waals surface area contributed by atoms with Crippen molar-refractivity contribution in [2.45, 2.75) is 45.0 Å². The van der Waals surface area contributed by atoms with Gasteiger partial charge >= 0.3 is 0 Å². The molecule has 0 bridgehead atoms. The fourth-order valence-electron chi connectivity index (χ4n) is 2.89. The van der Waals surface area contributed by atoms with Gasteiger partial charge in [-0.1, -0.05) is 32.9 Å². The third-order valence-electron chi connectivity index (χ3n) is 4.54. The molecule has 2 aromatic rings. The van der Waals surface area contributed by atoms with Crippen molar-refractivity contribution in [1.29, 1.82) is 0 Å². The second-order valence-corrected chi connectivity index (χ2v) is 8.72. The highest BCUT2D eigenvalue weighted by molar-refractivity contribution is 7.15. The fraction of sp³-hybridized carbons (Fsp3) is 0.450. The van der Waals surface area contributed by atoms with Crippen LogP contribution >= 0.6 is 11.3 Å². The van der Waals surface area contributed by atoms with E-state index >= 15 is 0 Å². The maximum absolute atomic E-state index is 13.2. The smallest absolute Gasteiger partial charge is 0.253 e. The molecule has 5 heteroatoms. The van der Waals surface area contributed by atoms with Gasteiger partial charge in [-0.05, 0) is 35.2 Å². The van der Waals surface area contributed by atoms with Crippen molar-refractivity contribution < 1.29 is 13.6 Å². The van der Waals surface area contributed by atoms with Crippen LogP contribution in [0.5, 0.6) is 0 Å². The average molecular weight is 363 g/mol. The van der Waals surface area contributed by atoms with Gasteiger partial charge in [-0.2, -0.15) is 0 Å². The normalized spacial score (nSPS) is 17.6. The van der Waals surface area contributed by atoms with Gasteiger partial charge in [-0.25, -0.2) is 8.78 Å². The van der Waals surface area contributed by atoms with Crippen LogP contribution < -0.4 is 0 Å². The van der Waals surface area contributed by atoms with Gasteiger partial charge in [0.25, 0.3) is 11.8 Å². The number of hydrogen-bond donors (Lipinski definition) is 0. The first kappa shape index (κ1) is 18.1. The van der Waals surface area contributed by atoms with E-state index in [0.717, 1.165) is 5.56 Å². The molecule has 1 aromatic carbocycles. The lowest BCUT2D eigenvalue weighted by atomic mass is 9.95. The van der Waals surface area contributed by atoms with Crippen LogP contribution in [0.4, 0.5) is 8.78 Å². The molecule has 1 fully saturated rings. The van der Waals surface area contributed by atoms with Gasteiger partial charge in [0.05, 0.1) is 0 Å². The number of piperidine rings is 1. The van der Waals surface area contributed by atoms with Gasteiger partial charge in [-0.15, -0.1) is 11.3 Å². The van der Waals surface area contributed by atoms with Crippen molar-refractivity contribution in [1.82, 2.24) is 4.90 Å². The van der Waals surface area contributed by atoms with Crippen molar-refractivity contribution in [3.05, 3.63) is 46.8 Å². The van der Waals surface area contributed by atoms with Crippen LogP contribution in [0.1, 0.15) is 48.8 Å². The molecule has 0 saturated carbocycles. The summed E-state index contributed by atoms with van der Waals surface area (Å²) >= 11 is 1.76. The number of nitrogens with zero attached hydrogens (tertiary/aromatic N) is 1. The molecule has 2 heterocycles. The van der Waals surface area contributed by atoms with E-state index in [-0.39, 0.29) is 37.3 Å². The molecule has 0 N–H and O–H groups in total. The van der Waals surface area contributed by atoms with Gasteiger partial charge < -0.3 is 4.90 Å². The topological polar surface area (TPSA) is 20.3 Å². The lowest BCUT2D eigenvalue weighted by Gasteiger charge is -2.31. The molecule has 3 rings (SSSR count). The van der Waals surface area contributed by atoms with Gasteiger partial charge in [0.2, 0.25) is 0 Å². The summed E-state index contributed by atoms with van der Waals surface area (Å²) in [4.78, 5) is 16.5. The molecule has 0 radical (unpaired) electrons. The van der Waals surface area contributed by atoms with E-state index in [0.29, 0.717) is 5.56 Å². The van der Waals surface area contributed by atoms with E-state index in [2.05, 4.69) is 32.9 Å². The predicted octanol–water partition coefficient (Wildman–Crippen LogP) is 5.58. The predicted molar refractivity (Wildman–Crippen MR) is 98.5 cm³/mol. The van der Waals surface area contributed by atoms with Crippen molar-refractivity contribution in [2.75, 3.05) is 13.1 Å². The third-order valence-corrected chi connectivity index (χ3v) is 6.10. The number of hydrogen-bond acceptors (Lipinski definition) is 2. The lowest BCUT2D eigenvalue weighted by Crippen LogP contribution is -2.42. The Morgan fingerprint density at radius 1 is 1.04 bits per heavy atom. The third kappa shape index (κ3) is 4.09. The summed E-state index contributed by atoms with van der Waals surface area (Å²) in [5, 5.41) is 0. The zero-order valence-electron chi connectivity index (χ0n) is 14.8. The summed E-state index contributed by atoms with van der Waals surface area (Å²) in [6, 6.07) is 11.7. The Hall–Kier alpha value is -1.75. The second kappa shape index (κ2) is 6.52. The monoisotopic (exact) mass is 363 g/mol. The fourth-order valence-corrected chi connectivity index (χ4v) is 3.96. The van der Waals surface area contributed by atoms with Crippen LogP contribution in [0.3, 0.4) is 0 Å². The standard InChI is InChI=1S/C20H23F2NOS/c1-19(2,3)17-9-8-16(25-17)14-4-6-15(7-5-14)18(24)23-12-10-20(21,22)11-13-23/h4-9H,10-13H2,1-3H3. The summed E-state index contributed by atoms with van der Waals surface area (Å²) < 4.78 is 26.5. The lowest BCUT2D eigenvalue weighted by molar-refractivity contribution is -0.0494. The molecule has 2 nitrogen and oxygen atoms in total. The van der Waals surface area contributed by atoms with Crippen LogP contribution in [0.15, 0.2) is 36.4 Å². The van der Waals surface area contributed by atoms with Gasteiger partial charge in [0.1, 0.15) is 0 Å². The van der Waals surface area contributed by atoms with Crippen molar-refractivity contribution in [3.63, 3.8) is 0 Å². The summed E-state index contributed by atoms with van der Waals surface area (Å²) in [7, 11) is 0. The van der Waals surface area contributed by atoms with E-state index in [4.69, 9.17) is 0 Å². The number of halogens is 2. The van der Waals surface area contributed by atoms with Gasteiger partial charge in [-0.3, -0.25) is 4.79 Å².